The van der Waals surface area contributed by atoms with E-state index in [2.05, 4.69) is 21.1 Å². The maximum atomic E-state index is 13.0. The molecular formula is C24H20F2N4O2. The Morgan fingerprint density at radius 1 is 0.562 bits per heavy atom. The minimum atomic E-state index is -0.455. The summed E-state index contributed by atoms with van der Waals surface area (Å²) in [6.07, 6.45) is 0. The second-order valence-electron chi connectivity index (χ2n) is 6.87. The van der Waals surface area contributed by atoms with Crippen LogP contribution < -0.4 is 10.9 Å². The number of carbonyl (C=O) groups excluding carboxylic acids is 2. The van der Waals surface area contributed by atoms with Crippen molar-refractivity contribution in [1.82, 2.24) is 10.9 Å². The lowest BCUT2D eigenvalue weighted by Gasteiger charge is -2.05. The van der Waals surface area contributed by atoms with Crippen LogP contribution in [-0.2, 0) is 0 Å². The summed E-state index contributed by atoms with van der Waals surface area (Å²) in [4.78, 5) is 24.6. The molecule has 0 fully saturated rings. The monoisotopic (exact) mass is 434 g/mol. The van der Waals surface area contributed by atoms with Crippen LogP contribution in [0.5, 0.6) is 0 Å². The highest BCUT2D eigenvalue weighted by atomic mass is 19.1. The largest absolute Gasteiger partial charge is 0.271 e. The molecule has 32 heavy (non-hydrogen) atoms. The first kappa shape index (κ1) is 22.5. The van der Waals surface area contributed by atoms with Crippen molar-refractivity contribution >= 4 is 23.2 Å². The number of hydrogen-bond donors (Lipinski definition) is 2. The molecule has 162 valence electrons. The summed E-state index contributed by atoms with van der Waals surface area (Å²) in [7, 11) is 0. The van der Waals surface area contributed by atoms with Gasteiger partial charge >= 0.3 is 0 Å². The molecule has 3 rings (SSSR count). The van der Waals surface area contributed by atoms with Crippen LogP contribution in [0.15, 0.2) is 83.0 Å². The molecule has 2 N–H and O–H groups in total. The molecule has 0 radical (unpaired) electrons. The summed E-state index contributed by atoms with van der Waals surface area (Å²) in [6.45, 7) is 3.38. The molecule has 0 unspecified atom stereocenters. The first-order valence-corrected chi connectivity index (χ1v) is 9.64. The lowest BCUT2D eigenvalue weighted by Crippen LogP contribution is -2.21. The van der Waals surface area contributed by atoms with Gasteiger partial charge in [-0.05, 0) is 73.5 Å². The van der Waals surface area contributed by atoms with Crippen molar-refractivity contribution in [2.24, 2.45) is 10.2 Å². The van der Waals surface area contributed by atoms with E-state index in [0.29, 0.717) is 33.7 Å². The minimum absolute atomic E-state index is 0.309. The van der Waals surface area contributed by atoms with Gasteiger partial charge in [0.2, 0.25) is 0 Å². The van der Waals surface area contributed by atoms with Crippen LogP contribution in [0.25, 0.3) is 0 Å². The number of hydrazone groups is 2. The molecule has 0 saturated carbocycles. The molecule has 0 bridgehead atoms. The molecule has 0 aromatic heterocycles. The van der Waals surface area contributed by atoms with Gasteiger partial charge in [0, 0.05) is 11.1 Å². The zero-order chi connectivity index (χ0) is 23.1. The predicted molar refractivity (Wildman–Crippen MR) is 119 cm³/mol. The Kier molecular flexibility index (Phi) is 7.17. The molecule has 2 amide bonds. The Labute approximate surface area is 183 Å². The third-order valence-electron chi connectivity index (χ3n) is 4.58. The van der Waals surface area contributed by atoms with E-state index in [1.54, 1.807) is 38.1 Å². The van der Waals surface area contributed by atoms with Crippen LogP contribution in [0, 0.1) is 11.6 Å². The number of benzene rings is 3. The standard InChI is InChI=1S/C24H20F2N4O2/c1-15(17-7-11-21(25)12-8-17)27-29-23(31)19-3-5-20(6-4-19)24(32)30-28-16(2)18-9-13-22(26)14-10-18/h3-14H,1-2H3,(H,29,31)(H,30,32). The number of nitrogens with one attached hydrogen (secondary N) is 2. The predicted octanol–water partition coefficient (Wildman–Crippen LogP) is 4.27. The summed E-state index contributed by atoms with van der Waals surface area (Å²) in [5.41, 5.74) is 7.86. The van der Waals surface area contributed by atoms with Gasteiger partial charge in [0.25, 0.3) is 11.8 Å². The molecule has 0 aliphatic heterocycles. The fraction of sp³-hybridized carbons (Fsp3) is 0.0833. The maximum Gasteiger partial charge on any atom is 0.271 e. The molecule has 0 spiro atoms. The van der Waals surface area contributed by atoms with E-state index in [0.717, 1.165) is 0 Å². The van der Waals surface area contributed by atoms with Gasteiger partial charge in [-0.1, -0.05) is 24.3 Å². The molecule has 0 aliphatic carbocycles. The van der Waals surface area contributed by atoms with Crippen LogP contribution in [0.1, 0.15) is 45.7 Å². The summed E-state index contributed by atoms with van der Waals surface area (Å²) in [6, 6.07) is 17.5. The van der Waals surface area contributed by atoms with Crippen LogP contribution in [0.4, 0.5) is 8.78 Å². The van der Waals surface area contributed by atoms with Crippen molar-refractivity contribution in [2.75, 3.05) is 0 Å². The molecule has 3 aromatic rings. The van der Waals surface area contributed by atoms with E-state index in [1.807, 2.05) is 0 Å². The van der Waals surface area contributed by atoms with Crippen LogP contribution >= 0.6 is 0 Å². The highest BCUT2D eigenvalue weighted by molar-refractivity contribution is 6.02. The van der Waals surface area contributed by atoms with Gasteiger partial charge in [-0.25, -0.2) is 19.6 Å². The van der Waals surface area contributed by atoms with E-state index >= 15 is 0 Å². The Bertz CT molecular complexity index is 1080. The van der Waals surface area contributed by atoms with Gasteiger partial charge in [0.05, 0.1) is 11.4 Å². The molecule has 0 atom stereocenters. The maximum absolute atomic E-state index is 13.0. The lowest BCUT2D eigenvalue weighted by molar-refractivity contribution is 0.0943. The molecule has 8 heteroatoms. The molecule has 3 aromatic carbocycles. The summed E-state index contributed by atoms with van der Waals surface area (Å²) in [5, 5.41) is 8.03. The van der Waals surface area contributed by atoms with Crippen molar-refractivity contribution in [3.63, 3.8) is 0 Å². The molecule has 0 aliphatic rings. The van der Waals surface area contributed by atoms with Gasteiger partial charge in [0.15, 0.2) is 0 Å². The smallest absolute Gasteiger partial charge is 0.267 e. The summed E-state index contributed by atoms with van der Waals surface area (Å²) < 4.78 is 26.0. The van der Waals surface area contributed by atoms with E-state index < -0.39 is 11.8 Å². The van der Waals surface area contributed by atoms with Crippen molar-refractivity contribution in [3.05, 3.63) is 107 Å². The average molecular weight is 434 g/mol. The zero-order valence-corrected chi connectivity index (χ0v) is 17.4. The normalized spacial score (nSPS) is 11.8. The first-order chi connectivity index (χ1) is 15.3. The second-order valence-corrected chi connectivity index (χ2v) is 6.87. The van der Waals surface area contributed by atoms with Crippen LogP contribution in [0.2, 0.25) is 0 Å². The third-order valence-corrected chi connectivity index (χ3v) is 4.58. The number of amides is 2. The molecule has 0 heterocycles. The van der Waals surface area contributed by atoms with Gasteiger partial charge in [-0.15, -0.1) is 0 Å². The SMILES string of the molecule is CC(=NNC(=O)c1ccc(C(=O)NN=C(C)c2ccc(F)cc2)cc1)c1ccc(F)cc1. The van der Waals surface area contributed by atoms with Crippen molar-refractivity contribution < 1.29 is 18.4 Å². The van der Waals surface area contributed by atoms with E-state index in [9.17, 15) is 18.4 Å². The number of carbonyl (C=O) groups is 2. The molecular weight excluding hydrogens is 414 g/mol. The molecule has 6 nitrogen and oxygen atoms in total. The van der Waals surface area contributed by atoms with Crippen molar-refractivity contribution in [2.45, 2.75) is 13.8 Å². The highest BCUT2D eigenvalue weighted by Crippen LogP contribution is 2.07. The average Bonchev–Trinajstić information content (AvgIpc) is 2.81. The van der Waals surface area contributed by atoms with E-state index in [-0.39, 0.29) is 11.6 Å². The summed E-state index contributed by atoms with van der Waals surface area (Å²) >= 11 is 0. The minimum Gasteiger partial charge on any atom is -0.267 e. The first-order valence-electron chi connectivity index (χ1n) is 9.64. The number of nitrogens with zero attached hydrogens (tertiary/aromatic N) is 2. The number of halogens is 2. The lowest BCUT2D eigenvalue weighted by atomic mass is 10.1. The molecule has 0 saturated heterocycles. The third kappa shape index (κ3) is 5.91. The van der Waals surface area contributed by atoms with Gasteiger partial charge < -0.3 is 0 Å². The van der Waals surface area contributed by atoms with Gasteiger partial charge in [-0.2, -0.15) is 10.2 Å². The Morgan fingerprint density at radius 3 is 1.16 bits per heavy atom. The van der Waals surface area contributed by atoms with Crippen LogP contribution in [0.3, 0.4) is 0 Å². The van der Waals surface area contributed by atoms with Gasteiger partial charge in [-0.3, -0.25) is 9.59 Å². The second kappa shape index (κ2) is 10.2. The van der Waals surface area contributed by atoms with E-state index in [4.69, 9.17) is 0 Å². The fourth-order valence-electron chi connectivity index (χ4n) is 2.68. The Balaban J connectivity index is 1.59. The van der Waals surface area contributed by atoms with Crippen molar-refractivity contribution in [1.29, 1.82) is 0 Å². The van der Waals surface area contributed by atoms with Gasteiger partial charge in [0.1, 0.15) is 11.6 Å². The number of hydrogen-bond acceptors (Lipinski definition) is 4. The Hall–Kier alpha value is -4.20. The topological polar surface area (TPSA) is 82.9 Å². The van der Waals surface area contributed by atoms with Crippen LogP contribution in [-0.4, -0.2) is 23.2 Å². The quantitative estimate of drug-likeness (QED) is 0.449. The number of rotatable bonds is 6. The summed E-state index contributed by atoms with van der Waals surface area (Å²) in [5.74, 6) is -1.62. The van der Waals surface area contributed by atoms with E-state index in [1.165, 1.54) is 48.5 Å². The Morgan fingerprint density at radius 2 is 0.844 bits per heavy atom. The van der Waals surface area contributed by atoms with Crippen molar-refractivity contribution in [3.8, 4) is 0 Å². The highest BCUT2D eigenvalue weighted by Gasteiger charge is 2.09. The fourth-order valence-corrected chi connectivity index (χ4v) is 2.68. The zero-order valence-electron chi connectivity index (χ0n) is 17.4.